The van der Waals surface area contributed by atoms with Gasteiger partial charge < -0.3 is 25.0 Å². The lowest BCUT2D eigenvalue weighted by atomic mass is 9.96. The molecule has 0 saturated carbocycles. The summed E-state index contributed by atoms with van der Waals surface area (Å²) in [5.74, 6) is -2.12. The largest absolute Gasteiger partial charge is 0.467 e. The normalized spacial score (nSPS) is 23.8. The summed E-state index contributed by atoms with van der Waals surface area (Å²) in [5.41, 5.74) is 0.489. The number of hydrogen-bond acceptors (Lipinski definition) is 9. The summed E-state index contributed by atoms with van der Waals surface area (Å²) in [4.78, 5) is 48.2. The molecule has 0 radical (unpaired) electrons. The number of cyclic esters (lactones) is 1. The number of hydrogen-bond donors (Lipinski definition) is 3. The van der Waals surface area contributed by atoms with Crippen molar-refractivity contribution >= 4 is 29.2 Å². The fraction of sp³-hybridized carbons (Fsp3) is 0.524. The van der Waals surface area contributed by atoms with Crippen LogP contribution in [-0.4, -0.2) is 65.2 Å². The Labute approximate surface area is 174 Å². The minimum absolute atomic E-state index is 0.0333. The molecule has 0 aromatic heterocycles. The zero-order chi connectivity index (χ0) is 22.3. The zero-order valence-electron chi connectivity index (χ0n) is 17.0. The maximum atomic E-state index is 12.6. The maximum absolute atomic E-state index is 12.6. The third kappa shape index (κ3) is 6.64. The Balaban J connectivity index is 2.20. The Kier molecular flexibility index (Phi) is 8.49. The van der Waals surface area contributed by atoms with Crippen LogP contribution in [0.2, 0.25) is 0 Å². The minimum atomic E-state index is -1.60. The molecule has 0 amide bonds. The highest BCUT2D eigenvalue weighted by Crippen LogP contribution is 2.23. The fourth-order valence-electron chi connectivity index (χ4n) is 3.20. The van der Waals surface area contributed by atoms with E-state index in [0.29, 0.717) is 12.1 Å². The van der Waals surface area contributed by atoms with Gasteiger partial charge in [0.1, 0.15) is 5.78 Å². The molecule has 3 N–H and O–H groups in total. The van der Waals surface area contributed by atoms with E-state index in [1.807, 2.05) is 0 Å². The number of ether oxygens (including phenoxy) is 2. The van der Waals surface area contributed by atoms with Crippen LogP contribution < -0.4 is 5.32 Å². The first-order chi connectivity index (χ1) is 14.2. The van der Waals surface area contributed by atoms with Gasteiger partial charge in [0.25, 0.3) is 0 Å². The molecular formula is C21H27NO8. The second kappa shape index (κ2) is 10.8. The van der Waals surface area contributed by atoms with E-state index >= 15 is 0 Å². The van der Waals surface area contributed by atoms with Crippen molar-refractivity contribution < 1.29 is 38.9 Å². The number of para-hydroxylation sites is 1. The summed E-state index contributed by atoms with van der Waals surface area (Å²) >= 11 is 0. The number of nitrogens with one attached hydrogen (secondary N) is 1. The highest BCUT2D eigenvalue weighted by molar-refractivity contribution is 6.03. The molecule has 1 aliphatic rings. The third-order valence-electron chi connectivity index (χ3n) is 4.87. The van der Waals surface area contributed by atoms with E-state index < -0.39 is 48.5 Å². The van der Waals surface area contributed by atoms with Crippen molar-refractivity contribution in [1.82, 2.24) is 0 Å². The van der Waals surface area contributed by atoms with Gasteiger partial charge in [-0.05, 0) is 25.5 Å². The van der Waals surface area contributed by atoms with Crippen molar-refractivity contribution in [3.8, 4) is 0 Å². The van der Waals surface area contributed by atoms with Gasteiger partial charge in [-0.3, -0.25) is 14.4 Å². The van der Waals surface area contributed by atoms with Crippen molar-refractivity contribution in [2.24, 2.45) is 0 Å². The van der Waals surface area contributed by atoms with E-state index in [1.54, 1.807) is 25.1 Å². The summed E-state index contributed by atoms with van der Waals surface area (Å²) in [6.07, 6.45) is -3.44. The molecule has 164 valence electrons. The quantitative estimate of drug-likeness (QED) is 0.453. The maximum Gasteiger partial charge on any atom is 0.335 e. The number of benzene rings is 1. The third-order valence-corrected chi connectivity index (χ3v) is 4.87. The van der Waals surface area contributed by atoms with Gasteiger partial charge in [0.2, 0.25) is 0 Å². The highest BCUT2D eigenvalue weighted by atomic mass is 16.5. The molecule has 1 aliphatic heterocycles. The van der Waals surface area contributed by atoms with Crippen molar-refractivity contribution in [1.29, 1.82) is 0 Å². The van der Waals surface area contributed by atoms with E-state index in [1.165, 1.54) is 6.07 Å². The predicted octanol–water partition coefficient (Wildman–Crippen LogP) is 1.01. The SMILES string of the molecule is COC(=O)[C@@H](O)CC(=O)c1ccccc1N[C@@H]1CC(=O)CC[C@@H](C)OC(=O)C[C@@H]1O. The van der Waals surface area contributed by atoms with E-state index in [2.05, 4.69) is 10.1 Å². The van der Waals surface area contributed by atoms with Gasteiger partial charge in [-0.1, -0.05) is 12.1 Å². The lowest BCUT2D eigenvalue weighted by molar-refractivity contribution is -0.152. The molecule has 9 nitrogen and oxygen atoms in total. The Morgan fingerprint density at radius 3 is 2.67 bits per heavy atom. The lowest BCUT2D eigenvalue weighted by Crippen LogP contribution is -2.39. The van der Waals surface area contributed by atoms with Crippen LogP contribution in [0.15, 0.2) is 24.3 Å². The van der Waals surface area contributed by atoms with E-state index in [9.17, 15) is 29.4 Å². The average molecular weight is 421 g/mol. The smallest absolute Gasteiger partial charge is 0.335 e. The van der Waals surface area contributed by atoms with Gasteiger partial charge >= 0.3 is 11.9 Å². The molecule has 30 heavy (non-hydrogen) atoms. The van der Waals surface area contributed by atoms with Crippen molar-refractivity contribution in [2.75, 3.05) is 12.4 Å². The first kappa shape index (κ1) is 23.5. The Morgan fingerprint density at radius 1 is 1.27 bits per heavy atom. The Bertz CT molecular complexity index is 793. The second-order valence-corrected chi connectivity index (χ2v) is 7.32. The number of ketones is 2. The minimum Gasteiger partial charge on any atom is -0.467 e. The van der Waals surface area contributed by atoms with E-state index in [-0.39, 0.29) is 30.6 Å². The first-order valence-corrected chi connectivity index (χ1v) is 9.75. The summed E-state index contributed by atoms with van der Waals surface area (Å²) < 4.78 is 9.60. The van der Waals surface area contributed by atoms with Gasteiger partial charge in [0.05, 0.1) is 31.8 Å². The number of carbonyl (C=O) groups is 4. The van der Waals surface area contributed by atoms with Crippen molar-refractivity contribution in [3.05, 3.63) is 29.8 Å². The standard InChI is InChI=1S/C21H27NO8/c1-12-7-8-13(23)9-16(18(25)11-20(27)30-12)22-15-6-4-3-5-14(15)17(24)10-19(26)21(28)29-2/h3-6,12,16,18-19,22,25-26H,7-11H2,1-2H3/t12-,16-,18+,19+/m1/s1. The molecule has 9 heteroatoms. The van der Waals surface area contributed by atoms with Gasteiger partial charge in [-0.15, -0.1) is 0 Å². The van der Waals surface area contributed by atoms with Gasteiger partial charge in [-0.25, -0.2) is 4.79 Å². The van der Waals surface area contributed by atoms with Gasteiger partial charge in [-0.2, -0.15) is 0 Å². The molecule has 0 aliphatic carbocycles. The molecule has 1 aromatic carbocycles. The number of aliphatic hydroxyl groups excluding tert-OH is 2. The van der Waals surface area contributed by atoms with Crippen LogP contribution in [0, 0.1) is 0 Å². The average Bonchev–Trinajstić information content (AvgIpc) is 2.70. The first-order valence-electron chi connectivity index (χ1n) is 9.75. The predicted molar refractivity (Wildman–Crippen MR) is 106 cm³/mol. The lowest BCUT2D eigenvalue weighted by Gasteiger charge is -2.27. The summed E-state index contributed by atoms with van der Waals surface area (Å²) in [6, 6.07) is 5.52. The number of rotatable bonds is 6. The van der Waals surface area contributed by atoms with E-state index in [4.69, 9.17) is 4.74 Å². The molecule has 0 bridgehead atoms. The number of carbonyl (C=O) groups excluding carboxylic acids is 4. The van der Waals surface area contributed by atoms with Crippen molar-refractivity contribution in [3.63, 3.8) is 0 Å². The van der Waals surface area contributed by atoms with Crippen molar-refractivity contribution in [2.45, 2.75) is 63.4 Å². The van der Waals surface area contributed by atoms with Gasteiger partial charge in [0.15, 0.2) is 11.9 Å². The van der Waals surface area contributed by atoms with Crippen LogP contribution in [0.3, 0.4) is 0 Å². The van der Waals surface area contributed by atoms with Crippen LogP contribution in [0.25, 0.3) is 0 Å². The van der Waals surface area contributed by atoms with Crippen LogP contribution >= 0.6 is 0 Å². The summed E-state index contributed by atoms with van der Waals surface area (Å²) in [7, 11) is 1.11. The zero-order valence-corrected chi connectivity index (χ0v) is 17.0. The summed E-state index contributed by atoms with van der Waals surface area (Å²) in [6.45, 7) is 1.69. The Morgan fingerprint density at radius 2 is 1.97 bits per heavy atom. The Hall–Kier alpha value is -2.78. The molecule has 1 heterocycles. The fourth-order valence-corrected chi connectivity index (χ4v) is 3.20. The topological polar surface area (TPSA) is 139 Å². The number of methoxy groups -OCH3 is 1. The number of esters is 2. The summed E-state index contributed by atoms with van der Waals surface area (Å²) in [5, 5.41) is 23.2. The number of anilines is 1. The molecule has 0 spiro atoms. The molecular weight excluding hydrogens is 394 g/mol. The molecule has 1 aromatic rings. The van der Waals surface area contributed by atoms with Crippen LogP contribution in [0.4, 0.5) is 5.69 Å². The number of Topliss-reactive ketones (excluding diaryl/α,β-unsaturated/α-hetero) is 2. The monoisotopic (exact) mass is 421 g/mol. The molecule has 4 atom stereocenters. The van der Waals surface area contributed by atoms with E-state index in [0.717, 1.165) is 7.11 Å². The highest BCUT2D eigenvalue weighted by Gasteiger charge is 2.29. The molecule has 1 fully saturated rings. The van der Waals surface area contributed by atoms with Crippen LogP contribution in [-0.2, 0) is 23.9 Å². The molecule has 2 rings (SSSR count). The molecule has 0 unspecified atom stereocenters. The van der Waals surface area contributed by atoms with Crippen LogP contribution in [0.5, 0.6) is 0 Å². The molecule has 1 saturated heterocycles. The number of aliphatic hydroxyl groups is 2. The van der Waals surface area contributed by atoms with Gasteiger partial charge in [0, 0.05) is 30.5 Å². The van der Waals surface area contributed by atoms with Crippen LogP contribution in [0.1, 0.15) is 49.4 Å². The second-order valence-electron chi connectivity index (χ2n) is 7.32.